The number of carboxylic acids is 1. The third-order valence-corrected chi connectivity index (χ3v) is 2.55. The Morgan fingerprint density at radius 3 is 2.92 bits per heavy atom. The first-order valence-corrected chi connectivity index (χ1v) is 4.74. The molecule has 0 spiro atoms. The molecule has 0 aliphatic carbocycles. The van der Waals surface area contributed by atoms with Crippen LogP contribution in [0.1, 0.15) is 25.0 Å². The molecule has 1 rings (SSSR count). The van der Waals surface area contributed by atoms with Gasteiger partial charge < -0.3 is 5.11 Å². The van der Waals surface area contributed by atoms with Crippen LogP contribution in [-0.4, -0.2) is 16.1 Å². The smallest absolute Gasteiger partial charge is 0.312 e. The van der Waals surface area contributed by atoms with E-state index in [2.05, 4.69) is 4.98 Å². The zero-order valence-electron chi connectivity index (χ0n) is 6.45. The first-order valence-electron chi connectivity index (χ1n) is 3.49. The summed E-state index contributed by atoms with van der Waals surface area (Å²) < 4.78 is 0.393. The number of rotatable bonds is 3. The number of halogens is 1. The van der Waals surface area contributed by atoms with Crippen molar-refractivity contribution in [2.75, 3.05) is 0 Å². The summed E-state index contributed by atoms with van der Waals surface area (Å²) >= 11 is 6.84. The second kappa shape index (κ2) is 3.87. The maximum atomic E-state index is 10.7. The Labute approximate surface area is 79.0 Å². The number of nitrogens with zero attached hydrogens (tertiary/aromatic N) is 1. The summed E-state index contributed by atoms with van der Waals surface area (Å²) in [5.41, 5.74) is 0.556. The molecule has 1 unspecified atom stereocenters. The Balaban J connectivity index is 2.87. The predicted molar refractivity (Wildman–Crippen MR) is 47.8 cm³/mol. The van der Waals surface area contributed by atoms with Crippen LogP contribution in [0.5, 0.6) is 0 Å². The Kier molecular flexibility index (Phi) is 3.05. The van der Waals surface area contributed by atoms with Crippen LogP contribution in [0.15, 0.2) is 5.38 Å². The van der Waals surface area contributed by atoms with Crippen LogP contribution >= 0.6 is 22.9 Å². The molecule has 0 aliphatic heterocycles. The third kappa shape index (κ3) is 1.95. The molecule has 0 radical (unpaired) electrons. The van der Waals surface area contributed by atoms with E-state index < -0.39 is 11.9 Å². The minimum atomic E-state index is -0.848. The monoisotopic (exact) mass is 205 g/mol. The van der Waals surface area contributed by atoms with Crippen molar-refractivity contribution in [3.8, 4) is 0 Å². The molecular formula is C7H8ClNO2S. The Morgan fingerprint density at radius 1 is 1.92 bits per heavy atom. The van der Waals surface area contributed by atoms with Gasteiger partial charge in [0.1, 0.15) is 0 Å². The normalized spacial score (nSPS) is 12.8. The number of carbonyl (C=O) groups is 1. The van der Waals surface area contributed by atoms with Gasteiger partial charge in [0.2, 0.25) is 0 Å². The largest absolute Gasteiger partial charge is 0.481 e. The number of thiazole rings is 1. The fourth-order valence-corrected chi connectivity index (χ4v) is 1.76. The van der Waals surface area contributed by atoms with Crippen LogP contribution in [0.3, 0.4) is 0 Å². The van der Waals surface area contributed by atoms with Gasteiger partial charge in [-0.15, -0.1) is 11.3 Å². The highest BCUT2D eigenvalue weighted by atomic mass is 35.5. The van der Waals surface area contributed by atoms with E-state index in [4.69, 9.17) is 16.7 Å². The van der Waals surface area contributed by atoms with Crippen molar-refractivity contribution in [3.63, 3.8) is 0 Å². The van der Waals surface area contributed by atoms with E-state index in [0.717, 1.165) is 0 Å². The zero-order valence-corrected chi connectivity index (χ0v) is 8.02. The molecule has 0 fully saturated rings. The lowest BCUT2D eigenvalue weighted by Gasteiger charge is -2.04. The van der Waals surface area contributed by atoms with E-state index in [0.29, 0.717) is 16.6 Å². The first-order chi connectivity index (χ1) is 5.65. The van der Waals surface area contributed by atoms with Crippen molar-refractivity contribution < 1.29 is 9.90 Å². The average molecular weight is 206 g/mol. The molecule has 0 aromatic carbocycles. The van der Waals surface area contributed by atoms with E-state index in [1.165, 1.54) is 11.3 Å². The molecule has 3 nitrogen and oxygen atoms in total. The Hall–Kier alpha value is -0.610. The van der Waals surface area contributed by atoms with Gasteiger partial charge in [-0.25, -0.2) is 4.98 Å². The molecular weight excluding hydrogens is 198 g/mol. The van der Waals surface area contributed by atoms with E-state index in [9.17, 15) is 4.79 Å². The number of carboxylic acid groups (broad SMARTS) is 1. The molecule has 1 N–H and O–H groups in total. The topological polar surface area (TPSA) is 50.2 Å². The fraction of sp³-hybridized carbons (Fsp3) is 0.429. The highest BCUT2D eigenvalue weighted by Crippen LogP contribution is 2.24. The maximum Gasteiger partial charge on any atom is 0.312 e. The highest BCUT2D eigenvalue weighted by Gasteiger charge is 2.19. The lowest BCUT2D eigenvalue weighted by atomic mass is 10.0. The van der Waals surface area contributed by atoms with E-state index >= 15 is 0 Å². The SMILES string of the molecule is CCC(C(=O)O)c1csc(Cl)n1. The van der Waals surface area contributed by atoms with Gasteiger partial charge in [-0.05, 0) is 6.42 Å². The lowest BCUT2D eigenvalue weighted by Crippen LogP contribution is -2.10. The van der Waals surface area contributed by atoms with Gasteiger partial charge in [-0.2, -0.15) is 0 Å². The third-order valence-electron chi connectivity index (χ3n) is 1.56. The van der Waals surface area contributed by atoms with Crippen molar-refractivity contribution in [2.24, 2.45) is 0 Å². The maximum absolute atomic E-state index is 10.7. The molecule has 0 saturated carbocycles. The number of aromatic nitrogens is 1. The summed E-state index contributed by atoms with van der Waals surface area (Å²) in [5, 5.41) is 10.4. The van der Waals surface area contributed by atoms with Crippen molar-refractivity contribution >= 4 is 28.9 Å². The van der Waals surface area contributed by atoms with E-state index in [1.54, 1.807) is 5.38 Å². The number of hydrogen-bond donors (Lipinski definition) is 1. The van der Waals surface area contributed by atoms with Crippen molar-refractivity contribution in [1.82, 2.24) is 4.98 Å². The summed E-state index contributed by atoms with van der Waals surface area (Å²) in [5.74, 6) is -1.37. The molecule has 0 amide bonds. The molecule has 0 saturated heterocycles. The van der Waals surface area contributed by atoms with Gasteiger partial charge in [0.15, 0.2) is 4.47 Å². The Morgan fingerprint density at radius 2 is 2.58 bits per heavy atom. The van der Waals surface area contributed by atoms with Crippen molar-refractivity contribution in [1.29, 1.82) is 0 Å². The fourth-order valence-electron chi connectivity index (χ4n) is 0.934. The van der Waals surface area contributed by atoms with Crippen LogP contribution < -0.4 is 0 Å². The van der Waals surface area contributed by atoms with Crippen LogP contribution in [-0.2, 0) is 4.79 Å². The van der Waals surface area contributed by atoms with E-state index in [1.807, 2.05) is 6.92 Å². The van der Waals surface area contributed by atoms with E-state index in [-0.39, 0.29) is 0 Å². The summed E-state index contributed by atoms with van der Waals surface area (Å²) in [6.07, 6.45) is 0.537. The van der Waals surface area contributed by atoms with Crippen LogP contribution in [0.4, 0.5) is 0 Å². The molecule has 5 heteroatoms. The molecule has 1 atom stereocenters. The average Bonchev–Trinajstić information content (AvgIpc) is 2.37. The van der Waals surface area contributed by atoms with Gasteiger partial charge in [0, 0.05) is 5.38 Å². The molecule has 1 aromatic heterocycles. The van der Waals surface area contributed by atoms with Gasteiger partial charge in [-0.1, -0.05) is 18.5 Å². The minimum Gasteiger partial charge on any atom is -0.481 e. The molecule has 1 aromatic rings. The standard InChI is InChI=1S/C7H8ClNO2S/c1-2-4(6(10)11)5-3-12-7(8)9-5/h3-4H,2H2,1H3,(H,10,11). The van der Waals surface area contributed by atoms with Crippen LogP contribution in [0.25, 0.3) is 0 Å². The minimum absolute atomic E-state index is 0.393. The summed E-state index contributed by atoms with van der Waals surface area (Å²) in [6, 6.07) is 0. The Bertz CT molecular complexity index is 287. The van der Waals surface area contributed by atoms with Gasteiger partial charge in [0.05, 0.1) is 11.6 Å². The van der Waals surface area contributed by atoms with Gasteiger partial charge in [0.25, 0.3) is 0 Å². The number of aliphatic carboxylic acids is 1. The van der Waals surface area contributed by atoms with Crippen molar-refractivity contribution in [2.45, 2.75) is 19.3 Å². The summed E-state index contributed by atoms with van der Waals surface area (Å²) in [4.78, 5) is 14.6. The molecule has 0 bridgehead atoms. The summed E-state index contributed by atoms with van der Waals surface area (Å²) in [6.45, 7) is 1.81. The lowest BCUT2D eigenvalue weighted by molar-refractivity contribution is -0.138. The highest BCUT2D eigenvalue weighted by molar-refractivity contribution is 7.14. The van der Waals surface area contributed by atoms with Gasteiger partial charge in [-0.3, -0.25) is 4.79 Å². The molecule has 0 aliphatic rings. The van der Waals surface area contributed by atoms with Gasteiger partial charge >= 0.3 is 5.97 Å². The second-order valence-corrected chi connectivity index (χ2v) is 3.76. The molecule has 1 heterocycles. The second-order valence-electron chi connectivity index (χ2n) is 2.32. The number of hydrogen-bond acceptors (Lipinski definition) is 3. The predicted octanol–water partition coefficient (Wildman–Crippen LogP) is 2.37. The zero-order chi connectivity index (χ0) is 9.14. The molecule has 66 valence electrons. The first kappa shape index (κ1) is 9.48. The van der Waals surface area contributed by atoms with Crippen molar-refractivity contribution in [3.05, 3.63) is 15.5 Å². The quantitative estimate of drug-likeness (QED) is 0.824. The molecule has 12 heavy (non-hydrogen) atoms. The van der Waals surface area contributed by atoms with Crippen LogP contribution in [0.2, 0.25) is 4.47 Å². The summed E-state index contributed by atoms with van der Waals surface area (Å²) in [7, 11) is 0. The van der Waals surface area contributed by atoms with Crippen LogP contribution in [0, 0.1) is 0 Å².